The zero-order valence-corrected chi connectivity index (χ0v) is 25.8. The maximum atomic E-state index is 13.4. The summed E-state index contributed by atoms with van der Waals surface area (Å²) in [5.74, 6) is 1.02. The first-order valence-corrected chi connectivity index (χ1v) is 14.9. The Hall–Kier alpha value is -3.35. The molecule has 1 aliphatic heterocycles. The van der Waals surface area contributed by atoms with Crippen LogP contribution in [-0.4, -0.2) is 49.4 Å². The summed E-state index contributed by atoms with van der Waals surface area (Å²) < 4.78 is 9.34. The summed E-state index contributed by atoms with van der Waals surface area (Å²) in [6.45, 7) is 10.5. The Kier molecular flexibility index (Phi) is 7.56. The number of anilines is 2. The van der Waals surface area contributed by atoms with Crippen molar-refractivity contribution in [1.82, 2.24) is 29.2 Å². The van der Waals surface area contributed by atoms with Crippen LogP contribution in [0.5, 0.6) is 0 Å². The number of pyridine rings is 1. The molecule has 1 aliphatic carbocycles. The van der Waals surface area contributed by atoms with Crippen LogP contribution in [0, 0.1) is 6.92 Å². The van der Waals surface area contributed by atoms with E-state index in [1.807, 2.05) is 29.1 Å². The van der Waals surface area contributed by atoms with Crippen molar-refractivity contribution < 1.29 is 3.07 Å². The summed E-state index contributed by atoms with van der Waals surface area (Å²) in [7, 11) is 2.15. The minimum absolute atomic E-state index is 0.188. The van der Waals surface area contributed by atoms with E-state index >= 15 is 0 Å². The molecule has 0 spiro atoms. The summed E-state index contributed by atoms with van der Waals surface area (Å²) in [5.41, 5.74) is 6.71. The number of aromatic nitrogens is 5. The Morgan fingerprint density at radius 3 is 2.78 bits per heavy atom. The number of likely N-dealkylation sites (N-methyl/N-ethyl adjacent to an activating group) is 1. The maximum absolute atomic E-state index is 13.4. The standard InChI is InChI=1S/C31H34IN7O2/c1-5-15-38-29(40)25-19-33-30(34-23-8-9-24(20(3)18-23)21-12-16-37(4)17-13-21)36-28(25)39(38)26-10-7-22-11-14-31(6-2,41-32)27(22)35-26/h5,7-10,12,18-19H,1,6,11,13-17H2,2-4H3,(H,33,34,36)/t31-/m0/s1. The van der Waals surface area contributed by atoms with Crippen molar-refractivity contribution in [3.05, 3.63) is 88.0 Å². The van der Waals surface area contributed by atoms with Crippen molar-refractivity contribution in [1.29, 1.82) is 0 Å². The number of fused-ring (bicyclic) bond motifs is 2. The molecule has 41 heavy (non-hydrogen) atoms. The number of hydrogen-bond donors (Lipinski definition) is 1. The molecule has 2 aliphatic rings. The normalized spacial score (nSPS) is 18.9. The number of benzene rings is 1. The van der Waals surface area contributed by atoms with Gasteiger partial charge in [0.15, 0.2) is 11.5 Å². The van der Waals surface area contributed by atoms with Gasteiger partial charge in [-0.25, -0.2) is 19.3 Å². The lowest BCUT2D eigenvalue weighted by molar-refractivity contribution is 0.116. The van der Waals surface area contributed by atoms with Gasteiger partial charge in [0.2, 0.25) is 5.95 Å². The van der Waals surface area contributed by atoms with Gasteiger partial charge in [0, 0.05) is 25.0 Å². The fourth-order valence-electron chi connectivity index (χ4n) is 5.98. The van der Waals surface area contributed by atoms with Crippen molar-refractivity contribution in [2.45, 2.75) is 51.7 Å². The molecule has 1 N–H and O–H groups in total. The number of aryl methyl sites for hydroxylation is 2. The molecule has 3 aromatic heterocycles. The summed E-state index contributed by atoms with van der Waals surface area (Å²) in [6.07, 6.45) is 9.25. The third-order valence-electron chi connectivity index (χ3n) is 8.35. The van der Waals surface area contributed by atoms with Gasteiger partial charge >= 0.3 is 0 Å². The van der Waals surface area contributed by atoms with E-state index < -0.39 is 5.60 Å². The van der Waals surface area contributed by atoms with Crippen molar-refractivity contribution in [2.24, 2.45) is 0 Å². The number of halogens is 1. The quantitative estimate of drug-likeness (QED) is 0.187. The first kappa shape index (κ1) is 27.8. The van der Waals surface area contributed by atoms with Crippen molar-refractivity contribution in [2.75, 3.05) is 25.5 Å². The second-order valence-corrected chi connectivity index (χ2v) is 11.4. The minimum Gasteiger partial charge on any atom is -0.324 e. The Labute approximate surface area is 253 Å². The monoisotopic (exact) mass is 663 g/mol. The molecule has 0 unspecified atom stereocenters. The van der Waals surface area contributed by atoms with E-state index in [0.717, 1.165) is 50.2 Å². The van der Waals surface area contributed by atoms with Gasteiger partial charge < -0.3 is 13.3 Å². The second-order valence-electron chi connectivity index (χ2n) is 10.9. The van der Waals surface area contributed by atoms with Gasteiger partial charge in [-0.2, -0.15) is 4.98 Å². The summed E-state index contributed by atoms with van der Waals surface area (Å²) in [6, 6.07) is 10.4. The van der Waals surface area contributed by atoms with Crippen LogP contribution in [0.1, 0.15) is 48.6 Å². The van der Waals surface area contributed by atoms with E-state index in [-0.39, 0.29) is 5.56 Å². The average molecular weight is 664 g/mol. The lowest BCUT2D eigenvalue weighted by atomic mass is 9.95. The topological polar surface area (TPSA) is 90.1 Å². The van der Waals surface area contributed by atoms with Gasteiger partial charge in [0.25, 0.3) is 5.56 Å². The van der Waals surface area contributed by atoms with Crippen LogP contribution in [0.3, 0.4) is 0 Å². The van der Waals surface area contributed by atoms with Crippen LogP contribution in [0.15, 0.2) is 60.1 Å². The zero-order chi connectivity index (χ0) is 28.7. The third-order valence-corrected chi connectivity index (χ3v) is 9.19. The third kappa shape index (κ3) is 4.91. The van der Waals surface area contributed by atoms with E-state index in [0.29, 0.717) is 29.3 Å². The fourth-order valence-corrected chi connectivity index (χ4v) is 6.72. The number of nitrogens with one attached hydrogen (secondary N) is 1. The Balaban J connectivity index is 1.40. The zero-order valence-electron chi connectivity index (χ0n) is 23.7. The van der Waals surface area contributed by atoms with Crippen LogP contribution in [0.4, 0.5) is 11.6 Å². The van der Waals surface area contributed by atoms with Crippen LogP contribution < -0.4 is 10.9 Å². The molecule has 9 nitrogen and oxygen atoms in total. The SMILES string of the molecule is C=CCn1c(=O)c2cnc(Nc3ccc(C4=CCN(C)CC4)c(C)c3)nc2n1-c1ccc2c(n1)[C@@](CC)(OI)CC2. The molecule has 6 rings (SSSR count). The molecule has 0 saturated carbocycles. The van der Waals surface area contributed by atoms with Crippen LogP contribution in [-0.2, 0) is 21.6 Å². The average Bonchev–Trinajstić information content (AvgIpc) is 3.48. The van der Waals surface area contributed by atoms with E-state index in [1.54, 1.807) is 21.6 Å². The Bertz CT molecular complexity index is 1730. The molecule has 1 aromatic carbocycles. The molecule has 4 aromatic rings. The van der Waals surface area contributed by atoms with Gasteiger partial charge in [-0.3, -0.25) is 4.79 Å². The smallest absolute Gasteiger partial charge is 0.278 e. The highest BCUT2D eigenvalue weighted by Crippen LogP contribution is 2.43. The summed E-state index contributed by atoms with van der Waals surface area (Å²) >= 11 is 1.99. The van der Waals surface area contributed by atoms with E-state index in [4.69, 9.17) is 13.0 Å². The molecule has 10 heteroatoms. The van der Waals surface area contributed by atoms with Crippen molar-refractivity contribution in [3.63, 3.8) is 0 Å². The first-order valence-electron chi connectivity index (χ1n) is 14.0. The molecular formula is C31H34IN7O2. The molecule has 4 heterocycles. The maximum Gasteiger partial charge on any atom is 0.278 e. The molecule has 0 radical (unpaired) electrons. The molecule has 212 valence electrons. The highest BCUT2D eigenvalue weighted by Gasteiger charge is 2.40. The van der Waals surface area contributed by atoms with Gasteiger partial charge in [-0.05, 0) is 80.1 Å². The van der Waals surface area contributed by atoms with Gasteiger partial charge in [0.05, 0.1) is 12.2 Å². The molecule has 0 fully saturated rings. The number of nitrogens with zero attached hydrogens (tertiary/aromatic N) is 6. The van der Waals surface area contributed by atoms with E-state index in [9.17, 15) is 4.79 Å². The number of rotatable bonds is 8. The van der Waals surface area contributed by atoms with Crippen molar-refractivity contribution in [3.8, 4) is 5.82 Å². The molecule has 0 saturated heterocycles. The van der Waals surface area contributed by atoms with Crippen LogP contribution in [0.2, 0.25) is 0 Å². The summed E-state index contributed by atoms with van der Waals surface area (Å²) in [4.78, 5) is 30.1. The summed E-state index contributed by atoms with van der Waals surface area (Å²) in [5, 5.41) is 3.77. The van der Waals surface area contributed by atoms with Gasteiger partial charge in [-0.1, -0.05) is 31.2 Å². The highest BCUT2D eigenvalue weighted by atomic mass is 127. The fraction of sp³-hybridized carbons (Fsp3) is 0.355. The highest BCUT2D eigenvalue weighted by molar-refractivity contribution is 14.1. The number of hydrogen-bond acceptors (Lipinski definition) is 7. The number of allylic oxidation sites excluding steroid dienone is 1. The Morgan fingerprint density at radius 1 is 1.22 bits per heavy atom. The molecule has 0 bridgehead atoms. The Morgan fingerprint density at radius 2 is 2.07 bits per heavy atom. The lowest BCUT2D eigenvalue weighted by Gasteiger charge is -2.25. The largest absolute Gasteiger partial charge is 0.324 e. The van der Waals surface area contributed by atoms with E-state index in [2.05, 4.69) is 73.0 Å². The lowest BCUT2D eigenvalue weighted by Crippen LogP contribution is -2.25. The van der Waals surface area contributed by atoms with Crippen molar-refractivity contribution >= 4 is 51.2 Å². The predicted octanol–water partition coefficient (Wildman–Crippen LogP) is 5.85. The van der Waals surface area contributed by atoms with Gasteiger partial charge in [-0.15, -0.1) is 6.58 Å². The molecule has 1 atom stereocenters. The van der Waals surface area contributed by atoms with E-state index in [1.165, 1.54) is 22.3 Å². The van der Waals surface area contributed by atoms with Crippen LogP contribution >= 0.6 is 23.0 Å². The minimum atomic E-state index is -0.437. The second kappa shape index (κ2) is 11.1. The first-order chi connectivity index (χ1) is 19.9. The van der Waals surface area contributed by atoms with Gasteiger partial charge in [0.1, 0.15) is 34.0 Å². The predicted molar refractivity (Wildman–Crippen MR) is 171 cm³/mol. The molecule has 0 amide bonds. The van der Waals surface area contributed by atoms with Crippen LogP contribution in [0.25, 0.3) is 22.4 Å². The molecular weight excluding hydrogens is 629 g/mol.